The number of rotatable bonds is 3. The third kappa shape index (κ3) is 2.73. The molecule has 1 saturated heterocycles. The zero-order chi connectivity index (χ0) is 19.7. The molecular formula is C22H24N2O3S. The number of allylic oxidation sites excluding steroid dienone is 1. The molecule has 1 saturated carbocycles. The molecule has 1 spiro atoms. The number of benzene rings is 1. The molecular weight excluding hydrogens is 372 g/mol. The summed E-state index contributed by atoms with van der Waals surface area (Å²) in [6.45, 7) is 2.02. The lowest BCUT2D eigenvalue weighted by Crippen LogP contribution is -2.23. The Morgan fingerprint density at radius 2 is 1.89 bits per heavy atom. The summed E-state index contributed by atoms with van der Waals surface area (Å²) in [4.78, 5) is 15.2. The standard InChI is InChI=1S/C22H24N2O3S/c1-23-13-19(16-4-3-5-17(16)21(23)25)18-12-15(28(2,26)27)6-7-20(18)24-11-10-22(14-24)8-9-22/h3-4,6-7,12-13H,5,8-11,14H2,1-2H3. The van der Waals surface area contributed by atoms with Crippen molar-refractivity contribution in [3.8, 4) is 11.1 Å². The highest BCUT2D eigenvalue weighted by Gasteiger charge is 2.48. The lowest BCUT2D eigenvalue weighted by atomic mass is 9.97. The normalized spacial score (nSPS) is 19.4. The highest BCUT2D eigenvalue weighted by atomic mass is 32.2. The second-order valence-electron chi connectivity index (χ2n) is 8.58. The summed E-state index contributed by atoms with van der Waals surface area (Å²) < 4.78 is 26.1. The quantitative estimate of drug-likeness (QED) is 0.800. The molecule has 0 radical (unpaired) electrons. The molecule has 2 aliphatic carbocycles. The van der Waals surface area contributed by atoms with Gasteiger partial charge in [-0.25, -0.2) is 8.42 Å². The number of nitrogens with zero attached hydrogens (tertiary/aromatic N) is 2. The van der Waals surface area contributed by atoms with Crippen LogP contribution in [0.15, 0.2) is 40.2 Å². The molecule has 2 heterocycles. The average Bonchev–Trinajstić information content (AvgIpc) is 3.05. The number of hydrogen-bond acceptors (Lipinski definition) is 4. The molecule has 5 rings (SSSR count). The molecule has 1 aromatic heterocycles. The molecule has 0 N–H and O–H groups in total. The molecule has 5 nitrogen and oxygen atoms in total. The van der Waals surface area contributed by atoms with Crippen molar-refractivity contribution in [2.45, 2.75) is 30.6 Å². The SMILES string of the molecule is Cn1cc(-c2cc(S(C)(=O)=O)ccc2N2CCC3(CC3)C2)c2c(c1=O)CC=C2. The van der Waals surface area contributed by atoms with Crippen LogP contribution in [0.1, 0.15) is 30.4 Å². The first-order valence-corrected chi connectivity index (χ1v) is 11.7. The van der Waals surface area contributed by atoms with Crippen LogP contribution in [0.2, 0.25) is 0 Å². The van der Waals surface area contributed by atoms with E-state index in [-0.39, 0.29) is 5.56 Å². The van der Waals surface area contributed by atoms with E-state index in [1.165, 1.54) is 25.5 Å². The lowest BCUT2D eigenvalue weighted by molar-refractivity contribution is 0.581. The van der Waals surface area contributed by atoms with Crippen molar-refractivity contribution < 1.29 is 8.42 Å². The second-order valence-corrected chi connectivity index (χ2v) is 10.6. The van der Waals surface area contributed by atoms with E-state index in [9.17, 15) is 13.2 Å². The van der Waals surface area contributed by atoms with Gasteiger partial charge in [0.2, 0.25) is 0 Å². The van der Waals surface area contributed by atoms with E-state index in [2.05, 4.69) is 4.90 Å². The molecule has 0 atom stereocenters. The number of pyridine rings is 1. The van der Waals surface area contributed by atoms with Gasteiger partial charge in [-0.05, 0) is 54.9 Å². The van der Waals surface area contributed by atoms with E-state index in [1.54, 1.807) is 23.7 Å². The first kappa shape index (κ1) is 17.7. The summed E-state index contributed by atoms with van der Waals surface area (Å²) in [7, 11) is -1.56. The van der Waals surface area contributed by atoms with Crippen molar-refractivity contribution in [1.82, 2.24) is 4.57 Å². The van der Waals surface area contributed by atoms with Crippen LogP contribution in [0.5, 0.6) is 0 Å². The fraction of sp³-hybridized carbons (Fsp3) is 0.409. The van der Waals surface area contributed by atoms with Gasteiger partial charge in [0.05, 0.1) is 4.90 Å². The minimum absolute atomic E-state index is 0.0164. The molecule has 0 unspecified atom stereocenters. The summed E-state index contributed by atoms with van der Waals surface area (Å²) in [5.41, 5.74) is 5.10. The molecule has 2 fully saturated rings. The van der Waals surface area contributed by atoms with Crippen molar-refractivity contribution in [1.29, 1.82) is 0 Å². The monoisotopic (exact) mass is 396 g/mol. The van der Waals surface area contributed by atoms with Crippen LogP contribution in [0.25, 0.3) is 17.2 Å². The number of hydrogen-bond donors (Lipinski definition) is 0. The maximum atomic E-state index is 12.5. The highest BCUT2D eigenvalue weighted by molar-refractivity contribution is 7.90. The van der Waals surface area contributed by atoms with Gasteiger partial charge in [0, 0.05) is 55.0 Å². The molecule has 0 amide bonds. The number of fused-ring (bicyclic) bond motifs is 1. The van der Waals surface area contributed by atoms with Crippen molar-refractivity contribution in [3.05, 3.63) is 52.0 Å². The van der Waals surface area contributed by atoms with E-state index < -0.39 is 9.84 Å². The Bertz CT molecular complexity index is 1190. The molecule has 0 bridgehead atoms. The summed E-state index contributed by atoms with van der Waals surface area (Å²) in [5, 5.41) is 0. The van der Waals surface area contributed by atoms with Gasteiger partial charge in [0.15, 0.2) is 9.84 Å². The van der Waals surface area contributed by atoms with Crippen LogP contribution in [0, 0.1) is 5.41 Å². The molecule has 3 aliphatic rings. The zero-order valence-corrected chi connectivity index (χ0v) is 17.1. The van der Waals surface area contributed by atoms with Gasteiger partial charge in [0.25, 0.3) is 5.56 Å². The molecule has 6 heteroatoms. The Morgan fingerprint density at radius 1 is 1.11 bits per heavy atom. The Morgan fingerprint density at radius 3 is 2.57 bits per heavy atom. The van der Waals surface area contributed by atoms with E-state index >= 15 is 0 Å². The Hall–Kier alpha value is -2.34. The van der Waals surface area contributed by atoms with Gasteiger partial charge in [-0.15, -0.1) is 0 Å². The molecule has 2 aromatic rings. The van der Waals surface area contributed by atoms with Crippen LogP contribution >= 0.6 is 0 Å². The van der Waals surface area contributed by atoms with Gasteiger partial charge in [0.1, 0.15) is 0 Å². The fourth-order valence-electron chi connectivity index (χ4n) is 4.67. The van der Waals surface area contributed by atoms with E-state index in [0.717, 1.165) is 41.0 Å². The number of anilines is 1. The van der Waals surface area contributed by atoms with Gasteiger partial charge in [-0.1, -0.05) is 12.2 Å². The lowest BCUT2D eigenvalue weighted by Gasteiger charge is -2.24. The van der Waals surface area contributed by atoms with Crippen LogP contribution in [-0.4, -0.2) is 32.3 Å². The largest absolute Gasteiger partial charge is 0.370 e. The predicted molar refractivity (Wildman–Crippen MR) is 111 cm³/mol. The topological polar surface area (TPSA) is 59.4 Å². The summed E-state index contributed by atoms with van der Waals surface area (Å²) in [5.74, 6) is 0. The summed E-state index contributed by atoms with van der Waals surface area (Å²) >= 11 is 0. The van der Waals surface area contributed by atoms with Crippen LogP contribution in [0.4, 0.5) is 5.69 Å². The zero-order valence-electron chi connectivity index (χ0n) is 16.2. The van der Waals surface area contributed by atoms with Gasteiger partial charge >= 0.3 is 0 Å². The average molecular weight is 397 g/mol. The van der Waals surface area contributed by atoms with E-state index in [1.807, 2.05) is 24.4 Å². The van der Waals surface area contributed by atoms with Gasteiger partial charge in [-0.3, -0.25) is 4.79 Å². The maximum Gasteiger partial charge on any atom is 0.254 e. The molecule has 1 aliphatic heterocycles. The van der Waals surface area contributed by atoms with Crippen molar-refractivity contribution in [2.24, 2.45) is 12.5 Å². The second kappa shape index (κ2) is 5.83. The third-order valence-electron chi connectivity index (χ3n) is 6.55. The van der Waals surface area contributed by atoms with E-state index in [0.29, 0.717) is 16.7 Å². The fourth-order valence-corrected chi connectivity index (χ4v) is 5.32. The predicted octanol–water partition coefficient (Wildman–Crippen LogP) is 3.02. The first-order valence-electron chi connectivity index (χ1n) is 9.76. The Labute approximate surface area is 165 Å². The number of aromatic nitrogens is 1. The van der Waals surface area contributed by atoms with Crippen LogP contribution in [0.3, 0.4) is 0 Å². The van der Waals surface area contributed by atoms with Crippen molar-refractivity contribution in [2.75, 3.05) is 24.2 Å². The molecule has 28 heavy (non-hydrogen) atoms. The summed E-state index contributed by atoms with van der Waals surface area (Å²) in [6, 6.07) is 5.45. The molecule has 1 aromatic carbocycles. The smallest absolute Gasteiger partial charge is 0.254 e. The Kier molecular flexibility index (Phi) is 3.69. The minimum atomic E-state index is -3.32. The third-order valence-corrected chi connectivity index (χ3v) is 7.66. The maximum absolute atomic E-state index is 12.5. The van der Waals surface area contributed by atoms with Crippen molar-refractivity contribution in [3.63, 3.8) is 0 Å². The summed E-state index contributed by atoms with van der Waals surface area (Å²) in [6.07, 6.45) is 11.5. The first-order chi connectivity index (χ1) is 13.3. The highest BCUT2D eigenvalue weighted by Crippen LogP contribution is 2.54. The van der Waals surface area contributed by atoms with Crippen molar-refractivity contribution >= 4 is 21.6 Å². The Balaban J connectivity index is 1.74. The van der Waals surface area contributed by atoms with E-state index in [4.69, 9.17) is 0 Å². The minimum Gasteiger partial charge on any atom is -0.370 e. The van der Waals surface area contributed by atoms with Crippen LogP contribution < -0.4 is 10.5 Å². The molecule has 146 valence electrons. The number of sulfone groups is 1. The van der Waals surface area contributed by atoms with Gasteiger partial charge in [-0.2, -0.15) is 0 Å². The van der Waals surface area contributed by atoms with Crippen LogP contribution in [-0.2, 0) is 23.3 Å². The number of aryl methyl sites for hydroxylation is 1. The van der Waals surface area contributed by atoms with Gasteiger partial charge < -0.3 is 9.47 Å².